The first-order chi connectivity index (χ1) is 13.9. The number of anilines is 1. The summed E-state index contributed by atoms with van der Waals surface area (Å²) in [6.45, 7) is 1.95. The molecule has 0 aliphatic carbocycles. The molecule has 0 aliphatic heterocycles. The maximum Gasteiger partial charge on any atom is 0.400 e. The molecule has 0 unspecified atom stereocenters. The molecule has 0 fully saturated rings. The zero-order valence-corrected chi connectivity index (χ0v) is 16.3. The number of nitrogens with zero attached hydrogens (tertiary/aromatic N) is 1. The third kappa shape index (κ3) is 5.46. The molecule has 8 heteroatoms. The van der Waals surface area contributed by atoms with E-state index in [0.29, 0.717) is 22.0 Å². The van der Waals surface area contributed by atoms with E-state index in [4.69, 9.17) is 26.6 Å². The number of rotatable bonds is 6. The van der Waals surface area contributed by atoms with E-state index in [1.54, 1.807) is 42.5 Å². The van der Waals surface area contributed by atoms with Gasteiger partial charge in [0.2, 0.25) is 11.7 Å². The monoisotopic (exact) mass is 411 g/mol. The van der Waals surface area contributed by atoms with Crippen molar-refractivity contribution in [3.05, 3.63) is 77.0 Å². The van der Waals surface area contributed by atoms with Gasteiger partial charge in [0.15, 0.2) is 0 Å². The molecular formula is C21H18ClN3O4. The molecule has 0 bridgehead atoms. The van der Waals surface area contributed by atoms with Crippen molar-refractivity contribution in [1.82, 2.24) is 0 Å². The largest absolute Gasteiger partial charge is 0.449 e. The molecule has 0 spiro atoms. The van der Waals surface area contributed by atoms with Gasteiger partial charge in [-0.3, -0.25) is 4.79 Å². The van der Waals surface area contributed by atoms with Crippen LogP contribution in [0.2, 0.25) is 5.02 Å². The molecule has 3 rings (SSSR count). The normalized spacial score (nSPS) is 11.2. The number of amides is 1. The van der Waals surface area contributed by atoms with Gasteiger partial charge in [0.25, 0.3) is 0 Å². The highest BCUT2D eigenvalue weighted by Gasteiger charge is 2.16. The first-order valence-electron chi connectivity index (χ1n) is 8.67. The number of aryl methyl sites for hydroxylation is 1. The second-order valence-corrected chi connectivity index (χ2v) is 6.60. The fourth-order valence-corrected chi connectivity index (χ4v) is 2.67. The number of benzene rings is 2. The van der Waals surface area contributed by atoms with Gasteiger partial charge in [-0.25, -0.2) is 4.79 Å². The van der Waals surface area contributed by atoms with Gasteiger partial charge in [0, 0.05) is 11.3 Å². The van der Waals surface area contributed by atoms with Crippen molar-refractivity contribution in [3.8, 4) is 11.3 Å². The SMILES string of the molecule is Cc1ccc(NC(=O)CC(N)=NOC(=O)c2ccc(-c3ccccc3Cl)o2)cc1. The number of nitrogens with one attached hydrogen (secondary N) is 1. The van der Waals surface area contributed by atoms with E-state index < -0.39 is 5.97 Å². The highest BCUT2D eigenvalue weighted by molar-refractivity contribution is 6.33. The summed E-state index contributed by atoms with van der Waals surface area (Å²) in [4.78, 5) is 28.8. The summed E-state index contributed by atoms with van der Waals surface area (Å²) in [7, 11) is 0. The van der Waals surface area contributed by atoms with E-state index >= 15 is 0 Å². The van der Waals surface area contributed by atoms with E-state index in [1.807, 2.05) is 19.1 Å². The van der Waals surface area contributed by atoms with Crippen LogP contribution in [0.1, 0.15) is 22.5 Å². The van der Waals surface area contributed by atoms with Crippen LogP contribution in [0.15, 0.2) is 70.2 Å². The van der Waals surface area contributed by atoms with Crippen molar-refractivity contribution in [1.29, 1.82) is 0 Å². The maximum atomic E-state index is 12.1. The Hall–Kier alpha value is -3.58. The number of carbonyl (C=O) groups excluding carboxylic acids is 2. The van der Waals surface area contributed by atoms with Crippen LogP contribution < -0.4 is 11.1 Å². The van der Waals surface area contributed by atoms with Crippen LogP contribution in [0.3, 0.4) is 0 Å². The molecule has 1 aromatic heterocycles. The summed E-state index contributed by atoms with van der Waals surface area (Å²) in [5.41, 5.74) is 8.01. The van der Waals surface area contributed by atoms with Crippen LogP contribution >= 0.6 is 11.6 Å². The van der Waals surface area contributed by atoms with Crippen molar-refractivity contribution < 1.29 is 18.8 Å². The number of carbonyl (C=O) groups is 2. The molecule has 148 valence electrons. The summed E-state index contributed by atoms with van der Waals surface area (Å²) >= 11 is 6.11. The third-order valence-corrected chi connectivity index (χ3v) is 4.20. The Labute approximate surface area is 172 Å². The Bertz CT molecular complexity index is 1060. The second-order valence-electron chi connectivity index (χ2n) is 6.20. The van der Waals surface area contributed by atoms with Crippen molar-refractivity contribution in [2.24, 2.45) is 10.9 Å². The zero-order chi connectivity index (χ0) is 20.8. The van der Waals surface area contributed by atoms with Crippen LogP contribution in [0.4, 0.5) is 5.69 Å². The Balaban J connectivity index is 1.56. The quantitative estimate of drug-likeness (QED) is 0.271. The molecule has 1 heterocycles. The highest BCUT2D eigenvalue weighted by atomic mass is 35.5. The van der Waals surface area contributed by atoms with Gasteiger partial charge >= 0.3 is 5.97 Å². The lowest BCUT2D eigenvalue weighted by molar-refractivity contribution is -0.115. The van der Waals surface area contributed by atoms with Crippen LogP contribution in [0, 0.1) is 6.92 Å². The fraction of sp³-hybridized carbons (Fsp3) is 0.0952. The average molecular weight is 412 g/mol. The van der Waals surface area contributed by atoms with Crippen LogP contribution in [0.5, 0.6) is 0 Å². The predicted molar refractivity (Wildman–Crippen MR) is 111 cm³/mol. The van der Waals surface area contributed by atoms with Gasteiger partial charge in [0.1, 0.15) is 11.6 Å². The van der Waals surface area contributed by atoms with E-state index in [2.05, 4.69) is 10.5 Å². The molecule has 7 nitrogen and oxygen atoms in total. The number of nitrogens with two attached hydrogens (primary N) is 1. The second kappa shape index (κ2) is 9.07. The first-order valence-corrected chi connectivity index (χ1v) is 9.05. The summed E-state index contributed by atoms with van der Waals surface area (Å²) in [5.74, 6) is -1.03. The number of halogens is 1. The van der Waals surface area contributed by atoms with Gasteiger partial charge in [0.05, 0.1) is 11.4 Å². The number of hydrogen-bond acceptors (Lipinski definition) is 5. The maximum absolute atomic E-state index is 12.1. The van der Waals surface area contributed by atoms with Gasteiger partial charge in [-0.2, -0.15) is 0 Å². The van der Waals surface area contributed by atoms with E-state index in [-0.39, 0.29) is 23.9 Å². The minimum atomic E-state index is -0.842. The molecule has 2 aromatic carbocycles. The van der Waals surface area contributed by atoms with Crippen LogP contribution in [-0.2, 0) is 9.63 Å². The lowest BCUT2D eigenvalue weighted by Crippen LogP contribution is -2.22. The predicted octanol–water partition coefficient (Wildman–Crippen LogP) is 4.37. The first kappa shape index (κ1) is 20.2. The van der Waals surface area contributed by atoms with E-state index in [1.165, 1.54) is 6.07 Å². The molecule has 0 saturated carbocycles. The minimum Gasteiger partial charge on any atom is -0.449 e. The molecule has 0 saturated heterocycles. The summed E-state index contributed by atoms with van der Waals surface area (Å²) < 4.78 is 5.47. The molecule has 29 heavy (non-hydrogen) atoms. The van der Waals surface area contributed by atoms with Crippen molar-refractivity contribution >= 4 is 35.0 Å². The molecule has 3 aromatic rings. The molecule has 0 aliphatic rings. The summed E-state index contributed by atoms with van der Waals surface area (Å²) in [6, 6.07) is 17.4. The highest BCUT2D eigenvalue weighted by Crippen LogP contribution is 2.29. The van der Waals surface area contributed by atoms with E-state index in [9.17, 15) is 9.59 Å². The molecule has 0 radical (unpaired) electrons. The number of oxime groups is 1. The van der Waals surface area contributed by atoms with Crippen molar-refractivity contribution in [2.45, 2.75) is 13.3 Å². The van der Waals surface area contributed by atoms with E-state index in [0.717, 1.165) is 5.56 Å². The number of furan rings is 1. The zero-order valence-electron chi connectivity index (χ0n) is 15.5. The standard InChI is InChI=1S/C21H18ClN3O4/c1-13-6-8-14(9-7-13)24-20(26)12-19(23)25-29-21(27)18-11-10-17(28-18)15-4-2-3-5-16(15)22/h2-11H,12H2,1H3,(H2,23,25)(H,24,26). The molecule has 1 amide bonds. The average Bonchev–Trinajstić information content (AvgIpc) is 3.18. The topological polar surface area (TPSA) is 107 Å². The van der Waals surface area contributed by atoms with Crippen LogP contribution in [-0.4, -0.2) is 17.7 Å². The van der Waals surface area contributed by atoms with Crippen LogP contribution in [0.25, 0.3) is 11.3 Å². The van der Waals surface area contributed by atoms with Crippen molar-refractivity contribution in [3.63, 3.8) is 0 Å². The Kier molecular flexibility index (Phi) is 6.31. The smallest absolute Gasteiger partial charge is 0.400 e. The molecule has 3 N–H and O–H groups in total. The molecule has 0 atom stereocenters. The summed E-state index contributed by atoms with van der Waals surface area (Å²) in [6.07, 6.45) is -0.232. The Morgan fingerprint density at radius 2 is 1.83 bits per heavy atom. The third-order valence-electron chi connectivity index (χ3n) is 3.87. The lowest BCUT2D eigenvalue weighted by Gasteiger charge is -2.05. The molecular weight excluding hydrogens is 394 g/mol. The minimum absolute atomic E-state index is 0.0689. The van der Waals surface area contributed by atoms with Gasteiger partial charge in [-0.1, -0.05) is 46.6 Å². The number of hydrogen-bond donors (Lipinski definition) is 2. The van der Waals surface area contributed by atoms with Gasteiger partial charge < -0.3 is 20.3 Å². The fourth-order valence-electron chi connectivity index (χ4n) is 2.44. The lowest BCUT2D eigenvalue weighted by atomic mass is 10.2. The van der Waals surface area contributed by atoms with Crippen molar-refractivity contribution in [2.75, 3.05) is 5.32 Å². The Morgan fingerprint density at radius 1 is 1.10 bits per heavy atom. The number of amidine groups is 1. The van der Waals surface area contributed by atoms with Gasteiger partial charge in [-0.05, 0) is 43.3 Å². The Morgan fingerprint density at radius 3 is 2.55 bits per heavy atom. The van der Waals surface area contributed by atoms with Gasteiger partial charge in [-0.15, -0.1) is 0 Å². The summed E-state index contributed by atoms with van der Waals surface area (Å²) in [5, 5.41) is 6.66.